The Morgan fingerprint density at radius 3 is 2.85 bits per heavy atom. The number of carbonyl (C=O) groups is 2. The third kappa shape index (κ3) is 4.20. The van der Waals surface area contributed by atoms with Crippen LogP contribution in [0.2, 0.25) is 0 Å². The third-order valence-electron chi connectivity index (χ3n) is 3.14. The fourth-order valence-corrected chi connectivity index (χ4v) is 2.92. The summed E-state index contributed by atoms with van der Waals surface area (Å²) in [6, 6.07) is 7.20. The van der Waals surface area contributed by atoms with Crippen molar-refractivity contribution in [3.05, 3.63) is 46.2 Å². The Morgan fingerprint density at radius 2 is 2.15 bits per heavy atom. The zero-order valence-electron chi connectivity index (χ0n) is 13.4. The summed E-state index contributed by atoms with van der Waals surface area (Å²) in [4.78, 5) is 37.7. The van der Waals surface area contributed by atoms with Gasteiger partial charge in [0.1, 0.15) is 4.92 Å². The van der Waals surface area contributed by atoms with Gasteiger partial charge in [0.05, 0.1) is 16.3 Å². The highest BCUT2D eigenvalue weighted by molar-refractivity contribution is 7.22. The average molecular weight is 386 g/mol. The molecule has 2 N–H and O–H groups in total. The average Bonchev–Trinajstić information content (AvgIpc) is 3.26. The maximum atomic E-state index is 12.1. The number of terminal acetylenes is 1. The Kier molecular flexibility index (Phi) is 5.00. The van der Waals surface area contributed by atoms with Crippen LogP contribution in [0.25, 0.3) is 10.2 Å². The number of ether oxygens (including phenoxy) is 1. The van der Waals surface area contributed by atoms with Gasteiger partial charge in [0, 0.05) is 5.69 Å². The van der Waals surface area contributed by atoms with Crippen LogP contribution < -0.4 is 10.6 Å². The van der Waals surface area contributed by atoms with E-state index in [4.69, 9.17) is 15.6 Å². The van der Waals surface area contributed by atoms with E-state index >= 15 is 0 Å². The van der Waals surface area contributed by atoms with E-state index in [1.807, 2.05) is 0 Å². The quantitative estimate of drug-likeness (QED) is 0.390. The van der Waals surface area contributed by atoms with E-state index in [1.54, 1.807) is 18.2 Å². The number of benzene rings is 1. The van der Waals surface area contributed by atoms with Gasteiger partial charge in [-0.2, -0.15) is 0 Å². The van der Waals surface area contributed by atoms with Crippen LogP contribution in [0, 0.1) is 22.5 Å². The second-order valence-corrected chi connectivity index (χ2v) is 5.99. The third-order valence-corrected chi connectivity index (χ3v) is 4.07. The highest BCUT2D eigenvalue weighted by Crippen LogP contribution is 2.29. The molecule has 0 saturated heterocycles. The van der Waals surface area contributed by atoms with Crippen LogP contribution >= 0.6 is 11.3 Å². The molecule has 10 nitrogen and oxygen atoms in total. The number of furan rings is 1. The van der Waals surface area contributed by atoms with E-state index in [1.165, 1.54) is 6.07 Å². The van der Waals surface area contributed by atoms with Crippen molar-refractivity contribution in [2.45, 2.75) is 0 Å². The van der Waals surface area contributed by atoms with Crippen molar-refractivity contribution in [3.8, 4) is 12.3 Å². The minimum atomic E-state index is -0.738. The van der Waals surface area contributed by atoms with E-state index in [0.717, 1.165) is 17.4 Å². The van der Waals surface area contributed by atoms with Gasteiger partial charge < -0.3 is 9.15 Å². The van der Waals surface area contributed by atoms with Gasteiger partial charge in [-0.25, -0.2) is 9.78 Å². The molecule has 136 valence electrons. The number of anilines is 2. The molecule has 11 heteroatoms. The van der Waals surface area contributed by atoms with Gasteiger partial charge in [0.15, 0.2) is 17.5 Å². The van der Waals surface area contributed by atoms with Crippen LogP contribution in [0.15, 0.2) is 34.7 Å². The molecule has 0 radical (unpaired) electrons. The first kappa shape index (κ1) is 17.9. The summed E-state index contributed by atoms with van der Waals surface area (Å²) in [5, 5.41) is 15.9. The Morgan fingerprint density at radius 1 is 1.33 bits per heavy atom. The molecular weight excluding hydrogens is 376 g/mol. The highest BCUT2D eigenvalue weighted by atomic mass is 32.1. The molecule has 3 rings (SSSR count). The van der Waals surface area contributed by atoms with Gasteiger partial charge in [-0.05, 0) is 24.3 Å². The first-order chi connectivity index (χ1) is 13.0. The lowest BCUT2D eigenvalue weighted by molar-refractivity contribution is -0.402. The molecule has 0 aliphatic carbocycles. The molecule has 0 aliphatic rings. The highest BCUT2D eigenvalue weighted by Gasteiger charge is 2.18. The molecule has 3 aromatic rings. The van der Waals surface area contributed by atoms with Gasteiger partial charge in [0.25, 0.3) is 5.91 Å². The first-order valence-corrected chi connectivity index (χ1v) is 8.11. The van der Waals surface area contributed by atoms with Crippen LogP contribution in [0.4, 0.5) is 21.5 Å². The molecule has 1 aromatic carbocycles. The molecule has 2 aromatic heterocycles. The smallest absolute Gasteiger partial charge is 0.433 e. The molecular formula is C16H10N4O6S. The Hall–Kier alpha value is -3.91. The number of carbonyl (C=O) groups excluding carboxylic acids is 2. The van der Waals surface area contributed by atoms with Crippen LogP contribution in [0.1, 0.15) is 10.6 Å². The van der Waals surface area contributed by atoms with Gasteiger partial charge in [-0.3, -0.25) is 25.5 Å². The predicted octanol–water partition coefficient (Wildman–Crippen LogP) is 3.23. The number of amides is 2. The molecule has 0 bridgehead atoms. The van der Waals surface area contributed by atoms with Gasteiger partial charge >= 0.3 is 12.0 Å². The topological polar surface area (TPSA) is 137 Å². The number of rotatable bonds is 5. The predicted molar refractivity (Wildman–Crippen MR) is 96.7 cm³/mol. The van der Waals surface area contributed by atoms with Gasteiger partial charge in [-0.1, -0.05) is 17.3 Å². The second kappa shape index (κ2) is 7.54. The summed E-state index contributed by atoms with van der Waals surface area (Å²) < 4.78 is 10.2. The number of nitrogens with zero attached hydrogens (tertiary/aromatic N) is 2. The minimum Gasteiger partial charge on any atom is -0.436 e. The summed E-state index contributed by atoms with van der Waals surface area (Å²) >= 11 is 1.15. The number of thiazole rings is 1. The minimum absolute atomic E-state index is 0.143. The summed E-state index contributed by atoms with van der Waals surface area (Å²) in [6.07, 6.45) is 4.32. The van der Waals surface area contributed by atoms with Gasteiger partial charge in [0.2, 0.25) is 0 Å². The molecule has 0 fully saturated rings. The molecule has 2 amide bonds. The number of nitrogens with one attached hydrogen (secondary N) is 2. The second-order valence-electron chi connectivity index (χ2n) is 4.96. The van der Waals surface area contributed by atoms with E-state index in [2.05, 4.69) is 21.5 Å². The Bertz CT molecular complexity index is 1080. The fourth-order valence-electron chi connectivity index (χ4n) is 2.02. The molecule has 27 heavy (non-hydrogen) atoms. The van der Waals surface area contributed by atoms with E-state index in [-0.39, 0.29) is 17.5 Å². The SMILES string of the molecule is C#CCOC(=O)Nc1ccc2nc(NC(=O)c3ccc([N+](=O)[O-])o3)sc2c1. The summed E-state index contributed by atoms with van der Waals surface area (Å²) in [5.74, 6) is 0.773. The van der Waals surface area contributed by atoms with Crippen molar-refractivity contribution in [2.75, 3.05) is 17.2 Å². The molecule has 0 saturated carbocycles. The molecule has 0 atom stereocenters. The number of fused-ring (bicyclic) bond motifs is 1. The lowest BCUT2D eigenvalue weighted by Crippen LogP contribution is -2.13. The van der Waals surface area contributed by atoms with Crippen molar-refractivity contribution in [3.63, 3.8) is 0 Å². The standard InChI is InChI=1S/C16H10N4O6S/c1-2-7-25-16(22)17-9-3-4-10-12(8-9)27-15(18-10)19-14(21)11-5-6-13(26-11)20(23)24/h1,3-6,8H,7H2,(H,17,22)(H,18,19,21). The van der Waals surface area contributed by atoms with E-state index < -0.39 is 22.8 Å². The lowest BCUT2D eigenvalue weighted by atomic mass is 10.3. The Labute approximate surface area is 155 Å². The maximum absolute atomic E-state index is 12.1. The lowest BCUT2D eigenvalue weighted by Gasteiger charge is -2.03. The zero-order valence-corrected chi connectivity index (χ0v) is 14.2. The summed E-state index contributed by atoms with van der Waals surface area (Å²) in [5.41, 5.74) is 1.05. The van der Waals surface area contributed by atoms with E-state index in [0.29, 0.717) is 15.9 Å². The van der Waals surface area contributed by atoms with E-state index in [9.17, 15) is 19.7 Å². The molecule has 0 unspecified atom stereocenters. The van der Waals surface area contributed by atoms with Crippen molar-refractivity contribution >= 4 is 50.3 Å². The summed E-state index contributed by atoms with van der Waals surface area (Å²) in [6.45, 7) is -0.143. The first-order valence-electron chi connectivity index (χ1n) is 7.29. The van der Waals surface area contributed by atoms with Crippen molar-refractivity contribution < 1.29 is 23.7 Å². The zero-order chi connectivity index (χ0) is 19.4. The normalized spacial score (nSPS) is 10.2. The van der Waals surface area contributed by atoms with Crippen LogP contribution in [0.5, 0.6) is 0 Å². The van der Waals surface area contributed by atoms with Crippen molar-refractivity contribution in [2.24, 2.45) is 0 Å². The Balaban J connectivity index is 1.72. The number of hydrogen-bond donors (Lipinski definition) is 2. The molecule has 0 spiro atoms. The molecule has 0 aliphatic heterocycles. The number of hydrogen-bond acceptors (Lipinski definition) is 8. The number of aromatic nitrogens is 1. The summed E-state index contributed by atoms with van der Waals surface area (Å²) in [7, 11) is 0. The number of nitro groups is 1. The van der Waals surface area contributed by atoms with Crippen LogP contribution in [-0.4, -0.2) is 28.5 Å². The van der Waals surface area contributed by atoms with Gasteiger partial charge in [-0.15, -0.1) is 6.42 Å². The molecule has 2 heterocycles. The fraction of sp³-hybridized carbons (Fsp3) is 0.0625. The maximum Gasteiger partial charge on any atom is 0.433 e. The monoisotopic (exact) mass is 386 g/mol. The van der Waals surface area contributed by atoms with Crippen LogP contribution in [0.3, 0.4) is 0 Å². The van der Waals surface area contributed by atoms with Crippen molar-refractivity contribution in [1.29, 1.82) is 0 Å². The van der Waals surface area contributed by atoms with Crippen LogP contribution in [-0.2, 0) is 4.74 Å². The largest absolute Gasteiger partial charge is 0.436 e. The van der Waals surface area contributed by atoms with Crippen molar-refractivity contribution in [1.82, 2.24) is 4.98 Å².